The largest absolute Gasteiger partial charge is 0.462 e. The lowest BCUT2D eigenvalue weighted by molar-refractivity contribution is -0.167. The first-order valence-electron chi connectivity index (χ1n) is 21.0. The zero-order valence-electron chi connectivity index (χ0n) is 32.3. The fourth-order valence-electron chi connectivity index (χ4n) is 6.15. The summed E-state index contributed by atoms with van der Waals surface area (Å²) >= 11 is 0. The highest BCUT2D eigenvalue weighted by Gasteiger charge is 2.19. The molecule has 48 heavy (non-hydrogen) atoms. The monoisotopic (exact) mass is 681 g/mol. The Morgan fingerprint density at radius 2 is 0.562 bits per heavy atom. The molecule has 0 saturated heterocycles. The van der Waals surface area contributed by atoms with E-state index in [0.29, 0.717) is 19.3 Å². The van der Waals surface area contributed by atoms with E-state index < -0.39 is 6.10 Å². The van der Waals surface area contributed by atoms with Crippen molar-refractivity contribution in [1.29, 1.82) is 0 Å². The van der Waals surface area contributed by atoms with Crippen LogP contribution < -0.4 is 0 Å². The number of hydrogen-bond acceptors (Lipinski definition) is 6. The van der Waals surface area contributed by atoms with Gasteiger partial charge in [-0.25, -0.2) is 0 Å². The van der Waals surface area contributed by atoms with Gasteiger partial charge in [-0.1, -0.05) is 194 Å². The van der Waals surface area contributed by atoms with Gasteiger partial charge in [-0.2, -0.15) is 0 Å². The molecular weight excluding hydrogens is 600 g/mol. The first kappa shape index (κ1) is 46.4. The molecule has 0 saturated carbocycles. The van der Waals surface area contributed by atoms with Crippen LogP contribution >= 0.6 is 0 Å². The van der Waals surface area contributed by atoms with Gasteiger partial charge < -0.3 is 14.2 Å². The Bertz CT molecular complexity index is 708. The van der Waals surface area contributed by atoms with Crippen molar-refractivity contribution in [3.8, 4) is 0 Å². The van der Waals surface area contributed by atoms with Gasteiger partial charge >= 0.3 is 17.9 Å². The first-order valence-corrected chi connectivity index (χ1v) is 21.0. The molecule has 0 aromatic carbocycles. The molecule has 0 aliphatic rings. The summed E-state index contributed by atoms with van der Waals surface area (Å²) in [7, 11) is 0. The zero-order valence-corrected chi connectivity index (χ0v) is 32.3. The highest BCUT2D eigenvalue weighted by atomic mass is 16.6. The van der Waals surface area contributed by atoms with Crippen molar-refractivity contribution in [2.24, 2.45) is 0 Å². The van der Waals surface area contributed by atoms with Crippen LogP contribution in [0.5, 0.6) is 0 Å². The van der Waals surface area contributed by atoms with Crippen molar-refractivity contribution >= 4 is 17.9 Å². The minimum Gasteiger partial charge on any atom is -0.462 e. The van der Waals surface area contributed by atoms with Crippen LogP contribution in [0.15, 0.2) is 0 Å². The molecule has 0 aromatic rings. The Morgan fingerprint density at radius 1 is 0.333 bits per heavy atom. The minimum atomic E-state index is -0.756. The molecule has 0 bridgehead atoms. The van der Waals surface area contributed by atoms with Crippen molar-refractivity contribution in [1.82, 2.24) is 0 Å². The SMILES string of the molecule is CCCCCCCCCCCCCCC(=O)OC[C@@H](COC(=O)CCCCCCCCCCC)OC(=O)CCCCCCCCCCC. The number of ether oxygens (including phenoxy) is 3. The number of rotatable bonds is 38. The quantitative estimate of drug-likeness (QED) is 0.0367. The smallest absolute Gasteiger partial charge is 0.306 e. The molecule has 6 heteroatoms. The molecule has 0 aromatic heterocycles. The minimum absolute atomic E-state index is 0.0636. The van der Waals surface area contributed by atoms with Gasteiger partial charge in [0, 0.05) is 19.3 Å². The number of unbranched alkanes of at least 4 members (excludes halogenated alkanes) is 27. The number of carbonyl (C=O) groups is 3. The second kappa shape index (κ2) is 38.2. The van der Waals surface area contributed by atoms with Gasteiger partial charge in [0.15, 0.2) is 6.10 Å². The molecule has 0 fully saturated rings. The van der Waals surface area contributed by atoms with E-state index in [0.717, 1.165) is 57.8 Å². The maximum absolute atomic E-state index is 12.6. The van der Waals surface area contributed by atoms with Gasteiger partial charge in [0.2, 0.25) is 0 Å². The van der Waals surface area contributed by atoms with Gasteiger partial charge in [-0.15, -0.1) is 0 Å². The van der Waals surface area contributed by atoms with E-state index in [1.807, 2.05) is 0 Å². The summed E-state index contributed by atoms with van der Waals surface area (Å²) in [6, 6.07) is 0. The molecular formula is C42H80O6. The Labute approximate surface area is 298 Å². The van der Waals surface area contributed by atoms with Gasteiger partial charge in [0.25, 0.3) is 0 Å². The van der Waals surface area contributed by atoms with Gasteiger partial charge in [0.05, 0.1) is 0 Å². The lowest BCUT2D eigenvalue weighted by Gasteiger charge is -2.18. The Kier molecular flexibility index (Phi) is 36.9. The molecule has 0 aliphatic carbocycles. The van der Waals surface area contributed by atoms with E-state index in [4.69, 9.17) is 14.2 Å². The fraction of sp³-hybridized carbons (Fsp3) is 0.929. The third kappa shape index (κ3) is 35.7. The maximum Gasteiger partial charge on any atom is 0.306 e. The average Bonchev–Trinajstić information content (AvgIpc) is 3.08. The third-order valence-corrected chi connectivity index (χ3v) is 9.36. The number of hydrogen-bond donors (Lipinski definition) is 0. The summed E-state index contributed by atoms with van der Waals surface area (Å²) in [5.41, 5.74) is 0. The van der Waals surface area contributed by atoms with E-state index in [1.165, 1.54) is 135 Å². The number of carbonyl (C=O) groups excluding carboxylic acids is 3. The van der Waals surface area contributed by atoms with Gasteiger partial charge in [-0.3, -0.25) is 14.4 Å². The van der Waals surface area contributed by atoms with Crippen LogP contribution in [-0.2, 0) is 28.6 Å². The maximum atomic E-state index is 12.6. The van der Waals surface area contributed by atoms with E-state index in [9.17, 15) is 14.4 Å². The Balaban J connectivity index is 4.31. The van der Waals surface area contributed by atoms with Crippen LogP contribution in [0.2, 0.25) is 0 Å². The van der Waals surface area contributed by atoms with Crippen LogP contribution in [0.4, 0.5) is 0 Å². The predicted octanol–water partition coefficient (Wildman–Crippen LogP) is 12.9. The van der Waals surface area contributed by atoms with Gasteiger partial charge in [-0.05, 0) is 19.3 Å². The topological polar surface area (TPSA) is 78.9 Å². The second-order valence-electron chi connectivity index (χ2n) is 14.3. The summed E-state index contributed by atoms with van der Waals surface area (Å²) in [6.07, 6.45) is 36.5. The average molecular weight is 681 g/mol. The molecule has 1 atom stereocenters. The summed E-state index contributed by atoms with van der Waals surface area (Å²) in [5.74, 6) is -0.862. The molecule has 0 heterocycles. The summed E-state index contributed by atoms with van der Waals surface area (Å²) in [5, 5.41) is 0. The molecule has 0 radical (unpaired) electrons. The van der Waals surface area contributed by atoms with Crippen molar-refractivity contribution in [2.75, 3.05) is 13.2 Å². The van der Waals surface area contributed by atoms with Crippen molar-refractivity contribution in [3.63, 3.8) is 0 Å². The standard InChI is InChI=1S/C42H80O6/c1-4-7-10-13-16-19-20-21-24-26-29-32-35-41(44)47-38-39(48-42(45)36-33-30-27-23-18-15-12-9-6-3)37-46-40(43)34-31-28-25-22-17-14-11-8-5-2/h39H,4-38H2,1-3H3/t39-/m1/s1. The third-order valence-electron chi connectivity index (χ3n) is 9.36. The molecule has 0 unspecified atom stereocenters. The van der Waals surface area contributed by atoms with E-state index in [1.54, 1.807) is 0 Å². The molecule has 0 aliphatic heterocycles. The molecule has 0 rings (SSSR count). The zero-order chi connectivity index (χ0) is 35.2. The van der Waals surface area contributed by atoms with Crippen LogP contribution in [0.3, 0.4) is 0 Å². The molecule has 0 spiro atoms. The van der Waals surface area contributed by atoms with Crippen LogP contribution in [-0.4, -0.2) is 37.2 Å². The lowest BCUT2D eigenvalue weighted by Crippen LogP contribution is -2.30. The highest BCUT2D eigenvalue weighted by molar-refractivity contribution is 5.71. The lowest BCUT2D eigenvalue weighted by atomic mass is 10.0. The Morgan fingerprint density at radius 3 is 0.833 bits per heavy atom. The van der Waals surface area contributed by atoms with E-state index >= 15 is 0 Å². The summed E-state index contributed by atoms with van der Waals surface area (Å²) in [4.78, 5) is 37.4. The first-order chi connectivity index (χ1) is 23.5. The van der Waals surface area contributed by atoms with Crippen LogP contribution in [0.1, 0.15) is 233 Å². The number of esters is 3. The Hall–Kier alpha value is -1.59. The molecule has 284 valence electrons. The van der Waals surface area contributed by atoms with Crippen LogP contribution in [0, 0.1) is 0 Å². The van der Waals surface area contributed by atoms with E-state index in [-0.39, 0.29) is 31.1 Å². The normalized spacial score (nSPS) is 11.8. The summed E-state index contributed by atoms with van der Waals surface area (Å²) in [6.45, 7) is 6.60. The van der Waals surface area contributed by atoms with E-state index in [2.05, 4.69) is 20.8 Å². The molecule has 6 nitrogen and oxygen atoms in total. The summed E-state index contributed by atoms with van der Waals surface area (Å²) < 4.78 is 16.6. The molecule has 0 N–H and O–H groups in total. The van der Waals surface area contributed by atoms with Crippen LogP contribution in [0.25, 0.3) is 0 Å². The second-order valence-corrected chi connectivity index (χ2v) is 14.3. The van der Waals surface area contributed by atoms with Crippen molar-refractivity contribution in [3.05, 3.63) is 0 Å². The highest BCUT2D eigenvalue weighted by Crippen LogP contribution is 2.15. The fourth-order valence-corrected chi connectivity index (χ4v) is 6.15. The molecule has 0 amide bonds. The van der Waals surface area contributed by atoms with Crippen molar-refractivity contribution in [2.45, 2.75) is 239 Å². The van der Waals surface area contributed by atoms with Crippen molar-refractivity contribution < 1.29 is 28.6 Å². The van der Waals surface area contributed by atoms with Gasteiger partial charge in [0.1, 0.15) is 13.2 Å². The predicted molar refractivity (Wildman–Crippen MR) is 201 cm³/mol.